The number of anilines is 1. The molecule has 7 nitrogen and oxygen atoms in total. The Morgan fingerprint density at radius 3 is 2.40 bits per heavy atom. The van der Waals surface area contributed by atoms with Crippen molar-refractivity contribution in [2.75, 3.05) is 11.9 Å². The fourth-order valence-electron chi connectivity index (χ4n) is 2.95. The van der Waals surface area contributed by atoms with E-state index in [0.717, 1.165) is 5.56 Å². The molecule has 1 amide bonds. The number of amides is 1. The summed E-state index contributed by atoms with van der Waals surface area (Å²) in [5, 5.41) is 12.3. The van der Waals surface area contributed by atoms with Gasteiger partial charge < -0.3 is 14.2 Å². The normalized spacial score (nSPS) is 11.5. The van der Waals surface area contributed by atoms with E-state index in [9.17, 15) is 18.5 Å². The standard InChI is InChI=1S/C25H20Cl2N2O5S/c1-3-33-23-14-17(12-18(15-28)25(30)29-22-7-5-4-6-20(22)26)13-21(27)24(23)34-35(31,32)19-10-8-16(2)9-11-19/h4-14H,3H2,1-2H3,(H,29,30)/b18-12+. The molecule has 0 heterocycles. The number of carbonyl (C=O) groups is 1. The first kappa shape index (κ1) is 26.1. The van der Waals surface area contributed by atoms with Crippen LogP contribution in [0.15, 0.2) is 71.1 Å². The highest BCUT2D eigenvalue weighted by molar-refractivity contribution is 7.87. The highest BCUT2D eigenvalue weighted by Crippen LogP contribution is 2.39. The van der Waals surface area contributed by atoms with Gasteiger partial charge in [-0.3, -0.25) is 4.79 Å². The molecular weight excluding hydrogens is 511 g/mol. The number of hydrogen-bond donors (Lipinski definition) is 1. The second-order valence-corrected chi connectivity index (χ2v) is 9.58. The number of rotatable bonds is 8. The summed E-state index contributed by atoms with van der Waals surface area (Å²) >= 11 is 12.4. The molecule has 0 aliphatic carbocycles. The molecule has 10 heteroatoms. The largest absolute Gasteiger partial charge is 0.490 e. The predicted molar refractivity (Wildman–Crippen MR) is 135 cm³/mol. The molecular formula is C25H20Cl2N2O5S. The average molecular weight is 531 g/mol. The number of carbonyl (C=O) groups excluding carboxylic acids is 1. The van der Waals surface area contributed by atoms with E-state index in [2.05, 4.69) is 5.32 Å². The number of nitrogens with zero attached hydrogens (tertiary/aromatic N) is 1. The van der Waals surface area contributed by atoms with Gasteiger partial charge in [-0.1, -0.05) is 53.0 Å². The Hall–Kier alpha value is -3.51. The lowest BCUT2D eigenvalue weighted by atomic mass is 10.1. The predicted octanol–water partition coefficient (Wildman–Crippen LogP) is 6.01. The minimum atomic E-state index is -4.19. The highest BCUT2D eigenvalue weighted by Gasteiger charge is 2.23. The molecule has 180 valence electrons. The zero-order chi connectivity index (χ0) is 25.6. The minimum Gasteiger partial charge on any atom is -0.490 e. The summed E-state index contributed by atoms with van der Waals surface area (Å²) in [6.45, 7) is 3.72. The van der Waals surface area contributed by atoms with Crippen LogP contribution in [0.3, 0.4) is 0 Å². The van der Waals surface area contributed by atoms with Crippen molar-refractivity contribution in [1.82, 2.24) is 0 Å². The van der Waals surface area contributed by atoms with Crippen LogP contribution in [-0.4, -0.2) is 20.9 Å². The minimum absolute atomic E-state index is 0.0331. The van der Waals surface area contributed by atoms with E-state index in [0.29, 0.717) is 16.3 Å². The summed E-state index contributed by atoms with van der Waals surface area (Å²) in [5.41, 5.74) is 1.33. The van der Waals surface area contributed by atoms with Gasteiger partial charge in [-0.25, -0.2) is 0 Å². The van der Waals surface area contributed by atoms with E-state index in [4.69, 9.17) is 32.1 Å². The van der Waals surface area contributed by atoms with E-state index in [1.807, 2.05) is 13.0 Å². The van der Waals surface area contributed by atoms with Crippen molar-refractivity contribution < 1.29 is 22.1 Å². The average Bonchev–Trinajstić information content (AvgIpc) is 2.81. The number of benzene rings is 3. The molecule has 35 heavy (non-hydrogen) atoms. The Bertz CT molecular complexity index is 1430. The van der Waals surface area contributed by atoms with Crippen LogP contribution in [0.1, 0.15) is 18.1 Å². The Morgan fingerprint density at radius 2 is 1.77 bits per heavy atom. The van der Waals surface area contributed by atoms with Crippen molar-refractivity contribution in [1.29, 1.82) is 5.26 Å². The van der Waals surface area contributed by atoms with Crippen molar-refractivity contribution >= 4 is 51.0 Å². The van der Waals surface area contributed by atoms with Crippen LogP contribution in [0.2, 0.25) is 10.0 Å². The Kier molecular flexibility index (Phi) is 8.41. The Balaban J connectivity index is 1.95. The third-order valence-electron chi connectivity index (χ3n) is 4.63. The van der Waals surface area contributed by atoms with E-state index < -0.39 is 16.0 Å². The van der Waals surface area contributed by atoms with Crippen LogP contribution >= 0.6 is 23.2 Å². The van der Waals surface area contributed by atoms with Crippen LogP contribution < -0.4 is 14.2 Å². The molecule has 0 fully saturated rings. The molecule has 3 aromatic carbocycles. The fraction of sp³-hybridized carbons (Fsp3) is 0.120. The van der Waals surface area contributed by atoms with E-state index in [1.54, 1.807) is 43.3 Å². The number of nitrogens with one attached hydrogen (secondary N) is 1. The first-order chi connectivity index (χ1) is 16.6. The molecule has 0 saturated heterocycles. The molecule has 0 bridgehead atoms. The van der Waals surface area contributed by atoms with Crippen LogP contribution in [-0.2, 0) is 14.9 Å². The Labute approximate surface area is 213 Å². The van der Waals surface area contributed by atoms with Crippen LogP contribution in [0.5, 0.6) is 11.5 Å². The lowest BCUT2D eigenvalue weighted by molar-refractivity contribution is -0.112. The van der Waals surface area contributed by atoms with Gasteiger partial charge in [0.05, 0.1) is 22.3 Å². The number of hydrogen-bond acceptors (Lipinski definition) is 6. The van der Waals surface area contributed by atoms with Crippen molar-refractivity contribution in [3.05, 3.63) is 87.4 Å². The second-order valence-electron chi connectivity index (χ2n) is 7.22. The van der Waals surface area contributed by atoms with Crippen molar-refractivity contribution in [3.8, 4) is 17.6 Å². The van der Waals surface area contributed by atoms with Gasteiger partial charge in [-0.2, -0.15) is 13.7 Å². The van der Waals surface area contributed by atoms with Crippen molar-refractivity contribution in [2.45, 2.75) is 18.7 Å². The lowest BCUT2D eigenvalue weighted by Gasteiger charge is -2.14. The SMILES string of the molecule is CCOc1cc(/C=C(\C#N)C(=O)Nc2ccccc2Cl)cc(Cl)c1OS(=O)(=O)c1ccc(C)cc1. The van der Waals surface area contributed by atoms with Gasteiger partial charge in [0.2, 0.25) is 5.75 Å². The molecule has 1 N–H and O–H groups in total. The van der Waals surface area contributed by atoms with Crippen LogP contribution in [0, 0.1) is 18.3 Å². The topological polar surface area (TPSA) is 105 Å². The van der Waals surface area contributed by atoms with Crippen molar-refractivity contribution in [3.63, 3.8) is 0 Å². The lowest BCUT2D eigenvalue weighted by Crippen LogP contribution is -2.13. The number of nitriles is 1. The molecule has 0 aliphatic rings. The van der Waals surface area contributed by atoms with Gasteiger partial charge >= 0.3 is 10.1 Å². The highest BCUT2D eigenvalue weighted by atomic mass is 35.5. The summed E-state index contributed by atoms with van der Waals surface area (Å²) in [6, 6.07) is 17.4. The van der Waals surface area contributed by atoms with Gasteiger partial charge in [0.25, 0.3) is 5.91 Å². The van der Waals surface area contributed by atoms with E-state index in [-0.39, 0.29) is 33.6 Å². The van der Waals surface area contributed by atoms with Crippen LogP contribution in [0.25, 0.3) is 6.08 Å². The monoisotopic (exact) mass is 530 g/mol. The molecule has 0 spiro atoms. The third-order valence-corrected chi connectivity index (χ3v) is 6.48. The van der Waals surface area contributed by atoms with Gasteiger partial charge in [0, 0.05) is 0 Å². The summed E-state index contributed by atoms with van der Waals surface area (Å²) in [5.74, 6) is -0.854. The maximum absolute atomic E-state index is 12.8. The van der Waals surface area contributed by atoms with E-state index >= 15 is 0 Å². The number of para-hydroxylation sites is 1. The fourth-order valence-corrected chi connectivity index (χ4v) is 4.39. The molecule has 0 radical (unpaired) electrons. The summed E-state index contributed by atoms with van der Waals surface area (Å²) in [7, 11) is -4.19. The number of ether oxygens (including phenoxy) is 1. The number of aryl methyl sites for hydroxylation is 1. The van der Waals surface area contributed by atoms with E-state index in [1.165, 1.54) is 30.3 Å². The first-order valence-corrected chi connectivity index (χ1v) is 12.5. The first-order valence-electron chi connectivity index (χ1n) is 10.3. The molecule has 0 unspecified atom stereocenters. The van der Waals surface area contributed by atoms with Gasteiger partial charge in [0.15, 0.2) is 5.75 Å². The van der Waals surface area contributed by atoms with Gasteiger partial charge in [0.1, 0.15) is 16.5 Å². The van der Waals surface area contributed by atoms with Gasteiger partial charge in [-0.05, 0) is 61.9 Å². The molecule has 3 rings (SSSR count). The van der Waals surface area contributed by atoms with Gasteiger partial charge in [-0.15, -0.1) is 0 Å². The summed E-state index contributed by atoms with van der Waals surface area (Å²) < 4.78 is 36.4. The zero-order valence-electron chi connectivity index (χ0n) is 18.7. The second kappa shape index (κ2) is 11.3. The molecule has 0 aromatic heterocycles. The maximum atomic E-state index is 12.8. The smallest absolute Gasteiger partial charge is 0.339 e. The molecule has 3 aromatic rings. The number of halogens is 2. The quantitative estimate of drug-likeness (QED) is 0.217. The molecule has 0 atom stereocenters. The van der Waals surface area contributed by atoms with Crippen LogP contribution in [0.4, 0.5) is 5.69 Å². The Morgan fingerprint density at radius 1 is 1.09 bits per heavy atom. The summed E-state index contributed by atoms with van der Waals surface area (Å²) in [6.07, 6.45) is 1.29. The summed E-state index contributed by atoms with van der Waals surface area (Å²) in [4.78, 5) is 12.6. The maximum Gasteiger partial charge on any atom is 0.339 e. The molecule has 0 saturated carbocycles. The van der Waals surface area contributed by atoms with Crippen molar-refractivity contribution in [2.24, 2.45) is 0 Å². The zero-order valence-corrected chi connectivity index (χ0v) is 21.0. The molecule has 0 aliphatic heterocycles. The third kappa shape index (κ3) is 6.55.